The first-order valence-corrected chi connectivity index (χ1v) is 21.4. The van der Waals surface area contributed by atoms with Crippen molar-refractivity contribution in [2.24, 2.45) is 0 Å². The molecule has 1 aliphatic carbocycles. The molecule has 4 heterocycles. The van der Waals surface area contributed by atoms with E-state index < -0.39 is 0 Å². The van der Waals surface area contributed by atoms with E-state index in [1.165, 1.54) is 27.0 Å². The quantitative estimate of drug-likeness (QED) is 0.174. The van der Waals surface area contributed by atoms with Gasteiger partial charge in [-0.3, -0.25) is 0 Å². The van der Waals surface area contributed by atoms with Crippen LogP contribution in [0, 0.1) is 0 Å². The number of thiophene rings is 2. The van der Waals surface area contributed by atoms with E-state index in [0.717, 1.165) is 69.3 Å². The van der Waals surface area contributed by atoms with Gasteiger partial charge in [-0.05, 0) is 46.5 Å². The van der Waals surface area contributed by atoms with Gasteiger partial charge >= 0.3 is 0 Å². The molecule has 7 heteroatoms. The zero-order valence-corrected chi connectivity index (χ0v) is 33.8. The van der Waals surface area contributed by atoms with Gasteiger partial charge in [0.2, 0.25) is 0 Å². The van der Waals surface area contributed by atoms with E-state index in [-0.39, 0.29) is 5.41 Å². The highest BCUT2D eigenvalue weighted by atomic mass is 32.1. The first kappa shape index (κ1) is 34.1. The molecule has 11 aromatic rings. The fourth-order valence-electron chi connectivity index (χ4n) is 8.93. The standard InChI is InChI=1S/C52H33N5S2/c1-52(2)38-23-11-9-19-33(38)34-28-27-32(29-39(34)52)45-47-46(35-20-10-12-24-40(35)59-47)54-50(53-45)36-21-13-25-41-43(36)44-37(22-14-26-42(44)58-41)51-56-48(30-15-5-3-6-16-30)55-49(57-51)31-17-7-4-8-18-31/h3-29H,1-2H3. The lowest BCUT2D eigenvalue weighted by Crippen LogP contribution is -2.14. The third-order valence-electron chi connectivity index (χ3n) is 11.8. The molecule has 0 saturated heterocycles. The Labute approximate surface area is 348 Å². The van der Waals surface area contributed by atoms with Crippen molar-refractivity contribution in [1.82, 2.24) is 24.9 Å². The summed E-state index contributed by atoms with van der Waals surface area (Å²) in [4.78, 5) is 26.4. The maximum Gasteiger partial charge on any atom is 0.164 e. The summed E-state index contributed by atoms with van der Waals surface area (Å²) in [5, 5.41) is 3.33. The molecular weight excluding hydrogens is 759 g/mol. The van der Waals surface area contributed by atoms with Crippen molar-refractivity contribution in [1.29, 1.82) is 0 Å². The van der Waals surface area contributed by atoms with Crippen LogP contribution in [-0.4, -0.2) is 24.9 Å². The first-order valence-electron chi connectivity index (χ1n) is 19.8. The van der Waals surface area contributed by atoms with Gasteiger partial charge in [0, 0.05) is 63.5 Å². The van der Waals surface area contributed by atoms with Crippen LogP contribution in [0.1, 0.15) is 25.0 Å². The van der Waals surface area contributed by atoms with Crippen molar-refractivity contribution in [3.63, 3.8) is 0 Å². The predicted octanol–water partition coefficient (Wildman–Crippen LogP) is 14.0. The van der Waals surface area contributed by atoms with Crippen LogP contribution in [0.25, 0.3) is 108 Å². The van der Waals surface area contributed by atoms with E-state index >= 15 is 0 Å². The highest BCUT2D eigenvalue weighted by Gasteiger charge is 2.35. The molecule has 4 aromatic heterocycles. The summed E-state index contributed by atoms with van der Waals surface area (Å²) in [5.74, 6) is 2.59. The monoisotopic (exact) mass is 791 g/mol. The molecule has 12 rings (SSSR count). The van der Waals surface area contributed by atoms with Gasteiger partial charge in [0.15, 0.2) is 23.3 Å². The molecule has 0 unspecified atom stereocenters. The molecule has 59 heavy (non-hydrogen) atoms. The number of nitrogens with zero attached hydrogens (tertiary/aromatic N) is 5. The molecule has 0 aliphatic heterocycles. The summed E-state index contributed by atoms with van der Waals surface area (Å²) in [6.07, 6.45) is 0. The van der Waals surface area contributed by atoms with Crippen LogP contribution in [0.2, 0.25) is 0 Å². The fraction of sp³-hybridized carbons (Fsp3) is 0.0577. The minimum Gasteiger partial charge on any atom is -0.226 e. The van der Waals surface area contributed by atoms with E-state index in [0.29, 0.717) is 23.3 Å². The zero-order valence-electron chi connectivity index (χ0n) is 32.1. The SMILES string of the molecule is CC1(C)c2ccccc2-c2ccc(-c3nc(-c4cccc5sc6cccc(-c7nc(-c8ccccc8)nc(-c8ccccc8)n7)c6c45)nc4c3sc3ccccc34)cc21. The molecule has 278 valence electrons. The normalized spacial score (nSPS) is 13.1. The number of rotatable bonds is 5. The average molecular weight is 792 g/mol. The Hall–Kier alpha value is -6.93. The first-order chi connectivity index (χ1) is 29.0. The molecule has 0 saturated carbocycles. The summed E-state index contributed by atoms with van der Waals surface area (Å²) in [7, 11) is 0. The summed E-state index contributed by atoms with van der Waals surface area (Å²) in [5.41, 5.74) is 12.0. The molecule has 0 atom stereocenters. The van der Waals surface area contributed by atoms with Crippen LogP contribution in [-0.2, 0) is 5.41 Å². The Morgan fingerprint density at radius 2 is 0.932 bits per heavy atom. The van der Waals surface area contributed by atoms with Crippen LogP contribution in [0.4, 0.5) is 0 Å². The lowest BCUT2D eigenvalue weighted by Gasteiger charge is -2.22. The van der Waals surface area contributed by atoms with Crippen molar-refractivity contribution in [2.45, 2.75) is 19.3 Å². The van der Waals surface area contributed by atoms with Gasteiger partial charge in [-0.25, -0.2) is 24.9 Å². The van der Waals surface area contributed by atoms with Crippen molar-refractivity contribution in [2.75, 3.05) is 0 Å². The molecule has 5 nitrogen and oxygen atoms in total. The van der Waals surface area contributed by atoms with Crippen molar-refractivity contribution in [3.05, 3.63) is 175 Å². The third-order valence-corrected chi connectivity index (χ3v) is 14.1. The number of benzene rings is 7. The Morgan fingerprint density at radius 1 is 0.390 bits per heavy atom. The van der Waals surface area contributed by atoms with Crippen molar-refractivity contribution in [3.8, 4) is 67.9 Å². The van der Waals surface area contributed by atoms with Crippen LogP contribution >= 0.6 is 22.7 Å². The van der Waals surface area contributed by atoms with E-state index in [4.69, 9.17) is 24.9 Å². The number of fused-ring (bicyclic) bond motifs is 9. The summed E-state index contributed by atoms with van der Waals surface area (Å²) in [6.45, 7) is 4.67. The van der Waals surface area contributed by atoms with E-state index in [1.54, 1.807) is 22.7 Å². The van der Waals surface area contributed by atoms with Crippen LogP contribution in [0.5, 0.6) is 0 Å². The highest BCUT2D eigenvalue weighted by molar-refractivity contribution is 7.26. The van der Waals surface area contributed by atoms with E-state index in [1.807, 2.05) is 60.7 Å². The lowest BCUT2D eigenvalue weighted by atomic mass is 9.82. The maximum absolute atomic E-state index is 5.57. The third kappa shape index (κ3) is 5.32. The smallest absolute Gasteiger partial charge is 0.164 e. The molecule has 1 aliphatic rings. The highest BCUT2D eigenvalue weighted by Crippen LogP contribution is 2.51. The summed E-state index contributed by atoms with van der Waals surface area (Å²) < 4.78 is 4.60. The van der Waals surface area contributed by atoms with Crippen LogP contribution in [0.15, 0.2) is 164 Å². The number of hydrogen-bond donors (Lipinski definition) is 0. The molecule has 0 amide bonds. The maximum atomic E-state index is 5.57. The van der Waals surface area contributed by atoms with Crippen LogP contribution in [0.3, 0.4) is 0 Å². The molecule has 0 N–H and O–H groups in total. The number of aromatic nitrogens is 5. The predicted molar refractivity (Wildman–Crippen MR) is 246 cm³/mol. The molecule has 7 aromatic carbocycles. The molecule has 0 radical (unpaired) electrons. The second kappa shape index (κ2) is 13.0. The van der Waals surface area contributed by atoms with E-state index in [9.17, 15) is 0 Å². The lowest BCUT2D eigenvalue weighted by molar-refractivity contribution is 0.660. The Kier molecular flexibility index (Phi) is 7.55. The Balaban J connectivity index is 1.11. The van der Waals surface area contributed by atoms with Gasteiger partial charge in [-0.15, -0.1) is 22.7 Å². The van der Waals surface area contributed by atoms with E-state index in [2.05, 4.69) is 117 Å². The van der Waals surface area contributed by atoms with Crippen molar-refractivity contribution >= 4 is 63.1 Å². The number of hydrogen-bond acceptors (Lipinski definition) is 7. The summed E-state index contributed by atoms with van der Waals surface area (Å²) in [6, 6.07) is 57.5. The topological polar surface area (TPSA) is 64.5 Å². The molecule has 0 spiro atoms. The minimum absolute atomic E-state index is 0.134. The van der Waals surface area contributed by atoms with Crippen molar-refractivity contribution < 1.29 is 0 Å². The second-order valence-corrected chi connectivity index (χ2v) is 17.7. The fourth-order valence-corrected chi connectivity index (χ4v) is 11.2. The largest absolute Gasteiger partial charge is 0.226 e. The molecule has 0 fully saturated rings. The zero-order chi connectivity index (χ0) is 39.2. The average Bonchev–Trinajstić information content (AvgIpc) is 3.94. The minimum atomic E-state index is -0.134. The van der Waals surface area contributed by atoms with Gasteiger partial charge < -0.3 is 0 Å². The van der Waals surface area contributed by atoms with Gasteiger partial charge in [0.05, 0.1) is 15.9 Å². The Morgan fingerprint density at radius 3 is 1.63 bits per heavy atom. The summed E-state index contributed by atoms with van der Waals surface area (Å²) >= 11 is 3.54. The molecule has 0 bridgehead atoms. The van der Waals surface area contributed by atoms with Crippen LogP contribution < -0.4 is 0 Å². The molecular formula is C52H33N5S2. The van der Waals surface area contributed by atoms with Gasteiger partial charge in [0.1, 0.15) is 0 Å². The Bertz CT molecular complexity index is 3420. The van der Waals surface area contributed by atoms with Gasteiger partial charge in [0.25, 0.3) is 0 Å². The van der Waals surface area contributed by atoms with Gasteiger partial charge in [-0.2, -0.15) is 0 Å². The second-order valence-electron chi connectivity index (χ2n) is 15.6. The van der Waals surface area contributed by atoms with Gasteiger partial charge in [-0.1, -0.05) is 153 Å².